The smallest absolute Gasteiger partial charge is 0.231 e. The number of amides is 1. The van der Waals surface area contributed by atoms with Gasteiger partial charge in [-0.25, -0.2) is 4.98 Å². The normalized spacial score (nSPS) is 12.1. The van der Waals surface area contributed by atoms with Gasteiger partial charge < -0.3 is 20.1 Å². The predicted octanol–water partition coefficient (Wildman–Crippen LogP) is 2.51. The average Bonchev–Trinajstić information content (AvgIpc) is 2.88. The van der Waals surface area contributed by atoms with Crippen LogP contribution in [0.15, 0.2) is 36.5 Å². The van der Waals surface area contributed by atoms with Crippen LogP contribution in [0.25, 0.3) is 0 Å². The van der Waals surface area contributed by atoms with Crippen LogP contribution < -0.4 is 20.1 Å². The highest BCUT2D eigenvalue weighted by Crippen LogP contribution is 2.34. The first-order chi connectivity index (χ1) is 9.70. The van der Waals surface area contributed by atoms with Gasteiger partial charge in [0, 0.05) is 18.7 Å². The van der Waals surface area contributed by atoms with E-state index < -0.39 is 0 Å². The van der Waals surface area contributed by atoms with Crippen LogP contribution >= 0.6 is 0 Å². The quantitative estimate of drug-likeness (QED) is 0.897. The molecule has 2 N–H and O–H groups in total. The van der Waals surface area contributed by atoms with Gasteiger partial charge in [0.1, 0.15) is 5.82 Å². The molecule has 20 heavy (non-hydrogen) atoms. The summed E-state index contributed by atoms with van der Waals surface area (Å²) in [6, 6.07) is 9.15. The van der Waals surface area contributed by atoms with E-state index in [1.54, 1.807) is 18.3 Å². The summed E-state index contributed by atoms with van der Waals surface area (Å²) in [4.78, 5) is 15.1. The lowest BCUT2D eigenvalue weighted by Gasteiger charge is -2.07. The Labute approximate surface area is 115 Å². The summed E-state index contributed by atoms with van der Waals surface area (Å²) in [6.07, 6.45) is 1.59. The number of carbonyl (C=O) groups excluding carboxylic acids is 1. The zero-order valence-electron chi connectivity index (χ0n) is 10.8. The topological polar surface area (TPSA) is 72.5 Å². The van der Waals surface area contributed by atoms with E-state index >= 15 is 0 Å². The summed E-state index contributed by atoms with van der Waals surface area (Å²) in [5.41, 5.74) is 1.52. The molecule has 0 fully saturated rings. The second-order valence-corrected chi connectivity index (χ2v) is 4.31. The van der Waals surface area contributed by atoms with Crippen LogP contribution in [0.4, 0.5) is 17.2 Å². The standard InChI is InChI=1S/C14H13N3O3/c1-9(18)16-11-3-5-14(15-7-11)17-10-2-4-12-13(6-10)20-8-19-12/h2-7H,8H2,1H3,(H,15,17)(H,16,18). The maximum Gasteiger partial charge on any atom is 0.231 e. The maximum atomic E-state index is 10.9. The third-order valence-corrected chi connectivity index (χ3v) is 2.73. The molecule has 0 atom stereocenters. The van der Waals surface area contributed by atoms with Gasteiger partial charge in [-0.05, 0) is 24.3 Å². The van der Waals surface area contributed by atoms with Gasteiger partial charge in [0.25, 0.3) is 0 Å². The van der Waals surface area contributed by atoms with Crippen molar-refractivity contribution in [1.29, 1.82) is 0 Å². The molecule has 0 unspecified atom stereocenters. The van der Waals surface area contributed by atoms with E-state index in [4.69, 9.17) is 9.47 Å². The van der Waals surface area contributed by atoms with Crippen LogP contribution in [0, 0.1) is 0 Å². The number of fused-ring (bicyclic) bond motifs is 1. The Balaban J connectivity index is 1.72. The van der Waals surface area contributed by atoms with E-state index in [0.29, 0.717) is 17.3 Å². The minimum Gasteiger partial charge on any atom is -0.454 e. The van der Waals surface area contributed by atoms with Crippen molar-refractivity contribution in [2.24, 2.45) is 0 Å². The van der Waals surface area contributed by atoms with Crippen LogP contribution in [0.3, 0.4) is 0 Å². The third-order valence-electron chi connectivity index (χ3n) is 2.73. The molecule has 3 rings (SSSR count). The minimum absolute atomic E-state index is 0.122. The molecule has 0 spiro atoms. The second kappa shape index (κ2) is 5.08. The van der Waals surface area contributed by atoms with Gasteiger partial charge in [-0.2, -0.15) is 0 Å². The number of aromatic nitrogens is 1. The van der Waals surface area contributed by atoms with Gasteiger partial charge in [-0.1, -0.05) is 0 Å². The first-order valence-corrected chi connectivity index (χ1v) is 6.11. The van der Waals surface area contributed by atoms with E-state index in [1.807, 2.05) is 18.2 Å². The Morgan fingerprint density at radius 2 is 1.95 bits per heavy atom. The maximum absolute atomic E-state index is 10.9. The number of rotatable bonds is 3. The molecule has 1 aliphatic heterocycles. The van der Waals surface area contributed by atoms with E-state index in [0.717, 1.165) is 11.4 Å². The van der Waals surface area contributed by atoms with E-state index in [9.17, 15) is 4.79 Å². The molecule has 1 aromatic carbocycles. The van der Waals surface area contributed by atoms with Crippen molar-refractivity contribution < 1.29 is 14.3 Å². The summed E-state index contributed by atoms with van der Waals surface area (Å²) < 4.78 is 10.6. The number of benzene rings is 1. The van der Waals surface area contributed by atoms with E-state index in [2.05, 4.69) is 15.6 Å². The number of ether oxygens (including phenoxy) is 2. The number of anilines is 3. The number of hydrogen-bond donors (Lipinski definition) is 2. The number of nitrogens with zero attached hydrogens (tertiary/aromatic N) is 1. The first-order valence-electron chi connectivity index (χ1n) is 6.11. The first kappa shape index (κ1) is 12.3. The Morgan fingerprint density at radius 3 is 2.70 bits per heavy atom. The molecule has 102 valence electrons. The molecule has 6 nitrogen and oxygen atoms in total. The van der Waals surface area contributed by atoms with Crippen LogP contribution in [-0.4, -0.2) is 17.7 Å². The zero-order chi connectivity index (χ0) is 13.9. The third kappa shape index (κ3) is 2.64. The summed E-state index contributed by atoms with van der Waals surface area (Å²) in [5, 5.41) is 5.82. The summed E-state index contributed by atoms with van der Waals surface area (Å²) in [7, 11) is 0. The minimum atomic E-state index is -0.122. The Morgan fingerprint density at radius 1 is 1.15 bits per heavy atom. The molecule has 6 heteroatoms. The summed E-state index contributed by atoms with van der Waals surface area (Å²) >= 11 is 0. The molecule has 0 saturated carbocycles. The molecular weight excluding hydrogens is 258 g/mol. The highest BCUT2D eigenvalue weighted by molar-refractivity contribution is 5.88. The molecule has 2 aromatic rings. The highest BCUT2D eigenvalue weighted by Gasteiger charge is 2.13. The summed E-state index contributed by atoms with van der Waals surface area (Å²) in [6.45, 7) is 1.71. The lowest BCUT2D eigenvalue weighted by Crippen LogP contribution is -2.06. The van der Waals surface area contributed by atoms with Crippen molar-refractivity contribution >= 4 is 23.1 Å². The monoisotopic (exact) mass is 271 g/mol. The van der Waals surface area contributed by atoms with Crippen molar-refractivity contribution in [3.8, 4) is 11.5 Å². The fourth-order valence-corrected chi connectivity index (χ4v) is 1.87. The van der Waals surface area contributed by atoms with Crippen molar-refractivity contribution in [1.82, 2.24) is 4.98 Å². The Kier molecular flexibility index (Phi) is 3.12. The fraction of sp³-hybridized carbons (Fsp3) is 0.143. The lowest BCUT2D eigenvalue weighted by molar-refractivity contribution is -0.114. The van der Waals surface area contributed by atoms with Crippen LogP contribution in [0.2, 0.25) is 0 Å². The van der Waals surface area contributed by atoms with E-state index in [1.165, 1.54) is 6.92 Å². The van der Waals surface area contributed by atoms with Gasteiger partial charge in [-0.15, -0.1) is 0 Å². The SMILES string of the molecule is CC(=O)Nc1ccc(Nc2ccc3c(c2)OCO3)nc1. The van der Waals surface area contributed by atoms with Gasteiger partial charge >= 0.3 is 0 Å². The van der Waals surface area contributed by atoms with Crippen molar-refractivity contribution in [3.63, 3.8) is 0 Å². The van der Waals surface area contributed by atoms with Crippen LogP contribution in [0.1, 0.15) is 6.92 Å². The average molecular weight is 271 g/mol. The lowest BCUT2D eigenvalue weighted by atomic mass is 10.2. The van der Waals surface area contributed by atoms with Crippen molar-refractivity contribution in [2.75, 3.05) is 17.4 Å². The van der Waals surface area contributed by atoms with Crippen LogP contribution in [-0.2, 0) is 4.79 Å². The number of hydrogen-bond acceptors (Lipinski definition) is 5. The van der Waals surface area contributed by atoms with Crippen LogP contribution in [0.5, 0.6) is 11.5 Å². The molecular formula is C14H13N3O3. The summed E-state index contributed by atoms with van der Waals surface area (Å²) in [5.74, 6) is 2.01. The highest BCUT2D eigenvalue weighted by atomic mass is 16.7. The fourth-order valence-electron chi connectivity index (χ4n) is 1.87. The largest absolute Gasteiger partial charge is 0.454 e. The molecule has 1 aliphatic rings. The molecule has 1 aromatic heterocycles. The van der Waals surface area contributed by atoms with Crippen molar-refractivity contribution in [3.05, 3.63) is 36.5 Å². The zero-order valence-corrected chi connectivity index (χ0v) is 10.8. The van der Waals surface area contributed by atoms with Gasteiger partial charge in [0.2, 0.25) is 12.7 Å². The number of pyridine rings is 1. The van der Waals surface area contributed by atoms with E-state index in [-0.39, 0.29) is 12.7 Å². The molecule has 0 aliphatic carbocycles. The molecule has 1 amide bonds. The molecule has 0 saturated heterocycles. The second-order valence-electron chi connectivity index (χ2n) is 4.31. The Bertz CT molecular complexity index is 641. The number of carbonyl (C=O) groups is 1. The Hall–Kier alpha value is -2.76. The molecule has 0 bridgehead atoms. The van der Waals surface area contributed by atoms with Gasteiger partial charge in [0.05, 0.1) is 11.9 Å². The molecule has 0 radical (unpaired) electrons. The van der Waals surface area contributed by atoms with Gasteiger partial charge in [-0.3, -0.25) is 4.79 Å². The van der Waals surface area contributed by atoms with Crippen molar-refractivity contribution in [2.45, 2.75) is 6.92 Å². The molecule has 2 heterocycles. The van der Waals surface area contributed by atoms with Gasteiger partial charge in [0.15, 0.2) is 11.5 Å². The predicted molar refractivity (Wildman–Crippen MR) is 74.4 cm³/mol. The number of nitrogens with one attached hydrogen (secondary N) is 2.